The van der Waals surface area contributed by atoms with Crippen LogP contribution in [0.3, 0.4) is 0 Å². The van der Waals surface area contributed by atoms with Gasteiger partial charge in [0.15, 0.2) is 11.5 Å². The molecular weight excluding hydrogens is 402 g/mol. The number of aromatic nitrogens is 2. The first kappa shape index (κ1) is 21.5. The second-order valence-electron chi connectivity index (χ2n) is 7.92. The van der Waals surface area contributed by atoms with Crippen LogP contribution in [-0.2, 0) is 31.1 Å². The van der Waals surface area contributed by atoms with Gasteiger partial charge in [0, 0.05) is 12.6 Å². The normalized spacial score (nSPS) is 12.5. The molecule has 1 heterocycles. The Morgan fingerprint density at radius 3 is 2.75 bits per heavy atom. The fourth-order valence-corrected chi connectivity index (χ4v) is 4.13. The van der Waals surface area contributed by atoms with E-state index < -0.39 is 0 Å². The number of carbonyl (C=O) groups is 1. The van der Waals surface area contributed by atoms with E-state index in [0.29, 0.717) is 23.7 Å². The number of fused-ring (bicyclic) bond motifs is 1. The average molecular weight is 430 g/mol. The van der Waals surface area contributed by atoms with Crippen molar-refractivity contribution in [3.05, 3.63) is 59.3 Å². The van der Waals surface area contributed by atoms with Crippen molar-refractivity contribution in [3.63, 3.8) is 0 Å². The average Bonchev–Trinajstić information content (AvgIpc) is 3.17. The van der Waals surface area contributed by atoms with Crippen LogP contribution in [0.25, 0.3) is 11.1 Å². The minimum absolute atomic E-state index is 0.0773. The molecule has 0 fully saturated rings. The van der Waals surface area contributed by atoms with Gasteiger partial charge in [-0.25, -0.2) is 0 Å². The monoisotopic (exact) mass is 429 g/mol. The van der Waals surface area contributed by atoms with Crippen molar-refractivity contribution in [3.8, 4) is 35.0 Å². The Morgan fingerprint density at radius 1 is 1.16 bits per heavy atom. The van der Waals surface area contributed by atoms with Gasteiger partial charge in [0.2, 0.25) is 5.91 Å². The van der Waals surface area contributed by atoms with Crippen molar-refractivity contribution in [1.82, 2.24) is 9.78 Å². The van der Waals surface area contributed by atoms with Crippen LogP contribution in [0, 0.1) is 12.3 Å². The summed E-state index contributed by atoms with van der Waals surface area (Å²) < 4.78 is 12.6. The highest BCUT2D eigenvalue weighted by atomic mass is 16.5. The summed E-state index contributed by atoms with van der Waals surface area (Å²) in [5, 5.41) is 7.38. The third kappa shape index (κ3) is 4.62. The highest BCUT2D eigenvalue weighted by Gasteiger charge is 2.17. The van der Waals surface area contributed by atoms with Gasteiger partial charge < -0.3 is 14.8 Å². The van der Waals surface area contributed by atoms with E-state index in [9.17, 15) is 4.79 Å². The minimum Gasteiger partial charge on any atom is -0.493 e. The summed E-state index contributed by atoms with van der Waals surface area (Å²) in [6.45, 7) is 0.159. The number of nitrogens with zero attached hydrogens (tertiary/aromatic N) is 2. The van der Waals surface area contributed by atoms with Gasteiger partial charge in [-0.15, -0.1) is 6.42 Å². The van der Waals surface area contributed by atoms with Gasteiger partial charge in [-0.05, 0) is 60.1 Å². The predicted molar refractivity (Wildman–Crippen MR) is 125 cm³/mol. The van der Waals surface area contributed by atoms with Gasteiger partial charge >= 0.3 is 0 Å². The van der Waals surface area contributed by atoms with E-state index in [2.05, 4.69) is 34.5 Å². The number of amides is 1. The molecule has 0 bridgehead atoms. The van der Waals surface area contributed by atoms with Gasteiger partial charge in [0.25, 0.3) is 0 Å². The molecule has 164 valence electrons. The summed E-state index contributed by atoms with van der Waals surface area (Å²) in [4.78, 5) is 12.9. The maximum absolute atomic E-state index is 12.9. The molecule has 1 amide bonds. The fraction of sp³-hybridized carbons (Fsp3) is 0.308. The SMILES string of the molecule is C#CCOc1ccc(-c2cnn(C)c2NC(=O)Cc2ccc3c(c2)CCCC3)cc1OC. The first-order chi connectivity index (χ1) is 15.6. The lowest BCUT2D eigenvalue weighted by atomic mass is 9.90. The summed E-state index contributed by atoms with van der Waals surface area (Å²) >= 11 is 0. The summed E-state index contributed by atoms with van der Waals surface area (Å²) in [6.07, 6.45) is 12.0. The Kier molecular flexibility index (Phi) is 6.46. The molecule has 1 N–H and O–H groups in total. The van der Waals surface area contributed by atoms with E-state index >= 15 is 0 Å². The number of carbonyl (C=O) groups excluding carboxylic acids is 1. The lowest BCUT2D eigenvalue weighted by Crippen LogP contribution is -2.17. The van der Waals surface area contributed by atoms with Crippen LogP contribution < -0.4 is 14.8 Å². The lowest BCUT2D eigenvalue weighted by molar-refractivity contribution is -0.115. The van der Waals surface area contributed by atoms with Crippen molar-refractivity contribution in [2.45, 2.75) is 32.1 Å². The third-order valence-electron chi connectivity index (χ3n) is 5.76. The molecule has 0 radical (unpaired) electrons. The second kappa shape index (κ2) is 9.61. The van der Waals surface area contributed by atoms with Crippen LogP contribution in [-0.4, -0.2) is 29.4 Å². The molecule has 0 aliphatic heterocycles. The number of nitrogens with one attached hydrogen (secondary N) is 1. The summed E-state index contributed by atoms with van der Waals surface area (Å²) in [5.74, 6) is 4.13. The van der Waals surface area contributed by atoms with E-state index in [1.54, 1.807) is 31.1 Å². The molecule has 6 nitrogen and oxygen atoms in total. The predicted octanol–water partition coefficient (Wildman–Crippen LogP) is 4.17. The molecule has 32 heavy (non-hydrogen) atoms. The zero-order valence-electron chi connectivity index (χ0n) is 18.5. The van der Waals surface area contributed by atoms with Crippen LogP contribution in [0.2, 0.25) is 0 Å². The summed E-state index contributed by atoms with van der Waals surface area (Å²) in [7, 11) is 3.38. The van der Waals surface area contributed by atoms with Gasteiger partial charge in [-0.3, -0.25) is 9.48 Å². The van der Waals surface area contributed by atoms with E-state index in [0.717, 1.165) is 29.5 Å². The largest absolute Gasteiger partial charge is 0.493 e. The number of aryl methyl sites for hydroxylation is 3. The summed E-state index contributed by atoms with van der Waals surface area (Å²) in [5.41, 5.74) is 5.48. The number of methoxy groups -OCH3 is 1. The van der Waals surface area contributed by atoms with Gasteiger partial charge in [-0.1, -0.05) is 30.2 Å². The number of benzene rings is 2. The molecular formula is C26H27N3O3. The molecule has 0 saturated carbocycles. The van der Waals surface area contributed by atoms with Crippen molar-refractivity contribution < 1.29 is 14.3 Å². The number of anilines is 1. The van der Waals surface area contributed by atoms with Gasteiger partial charge in [-0.2, -0.15) is 5.10 Å². The number of hydrogen-bond donors (Lipinski definition) is 1. The van der Waals surface area contributed by atoms with Crippen molar-refractivity contribution in [2.75, 3.05) is 19.0 Å². The highest BCUT2D eigenvalue weighted by Crippen LogP contribution is 2.35. The van der Waals surface area contributed by atoms with Gasteiger partial charge in [0.05, 0.1) is 19.7 Å². The van der Waals surface area contributed by atoms with E-state index in [4.69, 9.17) is 15.9 Å². The Bertz CT molecular complexity index is 1170. The van der Waals surface area contributed by atoms with Crippen LogP contribution in [0.5, 0.6) is 11.5 Å². The molecule has 3 aromatic rings. The fourth-order valence-electron chi connectivity index (χ4n) is 4.13. The zero-order chi connectivity index (χ0) is 22.5. The van der Waals surface area contributed by atoms with Crippen LogP contribution >= 0.6 is 0 Å². The van der Waals surface area contributed by atoms with Crippen molar-refractivity contribution >= 4 is 11.7 Å². The quantitative estimate of drug-likeness (QED) is 0.573. The Labute approximate surface area is 188 Å². The van der Waals surface area contributed by atoms with E-state index in [1.165, 1.54) is 24.0 Å². The molecule has 0 atom stereocenters. The Hall–Kier alpha value is -3.72. The molecule has 0 saturated heterocycles. The second-order valence-corrected chi connectivity index (χ2v) is 7.92. The molecule has 0 unspecified atom stereocenters. The highest BCUT2D eigenvalue weighted by molar-refractivity contribution is 5.95. The van der Waals surface area contributed by atoms with E-state index in [-0.39, 0.29) is 12.5 Å². The molecule has 2 aromatic carbocycles. The number of hydrogen-bond acceptors (Lipinski definition) is 4. The minimum atomic E-state index is -0.0773. The molecule has 1 aliphatic rings. The maximum Gasteiger partial charge on any atom is 0.229 e. The van der Waals surface area contributed by atoms with Crippen LogP contribution in [0.15, 0.2) is 42.6 Å². The van der Waals surface area contributed by atoms with E-state index in [1.807, 2.05) is 12.1 Å². The Morgan fingerprint density at radius 2 is 1.97 bits per heavy atom. The van der Waals surface area contributed by atoms with Crippen LogP contribution in [0.1, 0.15) is 29.5 Å². The molecule has 0 spiro atoms. The number of rotatable bonds is 7. The number of terminal acetylenes is 1. The van der Waals surface area contributed by atoms with Gasteiger partial charge in [0.1, 0.15) is 12.4 Å². The molecule has 1 aliphatic carbocycles. The smallest absolute Gasteiger partial charge is 0.229 e. The molecule has 6 heteroatoms. The van der Waals surface area contributed by atoms with Crippen LogP contribution in [0.4, 0.5) is 5.82 Å². The lowest BCUT2D eigenvalue weighted by Gasteiger charge is -2.16. The van der Waals surface area contributed by atoms with Crippen molar-refractivity contribution in [2.24, 2.45) is 7.05 Å². The zero-order valence-corrected chi connectivity index (χ0v) is 18.5. The first-order valence-corrected chi connectivity index (χ1v) is 10.8. The maximum atomic E-state index is 12.9. The molecule has 1 aromatic heterocycles. The van der Waals surface area contributed by atoms with Crippen molar-refractivity contribution in [1.29, 1.82) is 0 Å². The topological polar surface area (TPSA) is 65.4 Å². The number of ether oxygens (including phenoxy) is 2. The molecule has 4 rings (SSSR count). The Balaban J connectivity index is 1.53. The first-order valence-electron chi connectivity index (χ1n) is 10.8. The third-order valence-corrected chi connectivity index (χ3v) is 5.76. The summed E-state index contributed by atoms with van der Waals surface area (Å²) in [6, 6.07) is 12.0. The standard InChI is InChI=1S/C26H27N3O3/c1-4-13-32-23-12-11-21(16-24(23)31-3)22-17-27-29(2)26(22)28-25(30)15-18-9-10-19-7-5-6-8-20(19)14-18/h1,9-12,14,16-17H,5-8,13,15H2,2-3H3,(H,28,30).